The van der Waals surface area contributed by atoms with Gasteiger partial charge in [0.25, 0.3) is 0 Å². The summed E-state index contributed by atoms with van der Waals surface area (Å²) >= 11 is 0. The van der Waals surface area contributed by atoms with Crippen LogP contribution >= 0.6 is 0 Å². The van der Waals surface area contributed by atoms with Crippen LogP contribution in [0.1, 0.15) is 13.3 Å². The largest absolute Gasteiger partial charge is 0.384 e. The second-order valence-corrected chi connectivity index (χ2v) is 4.40. The molecule has 96 valence electrons. The Bertz CT molecular complexity index is 717. The van der Waals surface area contributed by atoms with E-state index in [2.05, 4.69) is 26.4 Å². The molecule has 0 atom stereocenters. The maximum atomic E-state index is 5.75. The average Bonchev–Trinajstić information content (AvgIpc) is 2.79. The van der Waals surface area contributed by atoms with Gasteiger partial charge < -0.3 is 10.3 Å². The van der Waals surface area contributed by atoms with Crippen LogP contribution in [-0.4, -0.2) is 19.5 Å². The molecule has 3 rings (SSSR count). The summed E-state index contributed by atoms with van der Waals surface area (Å²) < 4.78 is 2.17. The highest BCUT2D eigenvalue weighted by Crippen LogP contribution is 2.23. The van der Waals surface area contributed by atoms with E-state index < -0.39 is 0 Å². The first-order valence-corrected chi connectivity index (χ1v) is 6.32. The van der Waals surface area contributed by atoms with E-state index in [0.29, 0.717) is 5.82 Å². The van der Waals surface area contributed by atoms with Crippen LogP contribution in [0.4, 0.5) is 5.82 Å². The summed E-state index contributed by atoms with van der Waals surface area (Å²) in [5, 5.41) is 0. The van der Waals surface area contributed by atoms with Gasteiger partial charge in [0.2, 0.25) is 0 Å². The maximum absolute atomic E-state index is 5.75. The average molecular weight is 253 g/mol. The van der Waals surface area contributed by atoms with Gasteiger partial charge >= 0.3 is 0 Å². The van der Waals surface area contributed by atoms with Crippen LogP contribution in [0.15, 0.2) is 36.7 Å². The first-order chi connectivity index (χ1) is 9.29. The van der Waals surface area contributed by atoms with Gasteiger partial charge in [-0.05, 0) is 24.6 Å². The number of nitrogen functional groups attached to an aromatic ring is 1. The molecular formula is C14H15N5. The zero-order chi connectivity index (χ0) is 13.2. The van der Waals surface area contributed by atoms with E-state index in [1.807, 2.05) is 18.2 Å². The second kappa shape index (κ2) is 4.68. The summed E-state index contributed by atoms with van der Waals surface area (Å²) in [5.41, 5.74) is 8.51. The van der Waals surface area contributed by atoms with Crippen molar-refractivity contribution >= 4 is 16.9 Å². The van der Waals surface area contributed by atoms with Crippen molar-refractivity contribution in [3.05, 3.63) is 36.7 Å². The molecule has 0 radical (unpaired) electrons. The van der Waals surface area contributed by atoms with E-state index >= 15 is 0 Å². The van der Waals surface area contributed by atoms with Gasteiger partial charge in [0.05, 0.1) is 11.7 Å². The highest BCUT2D eigenvalue weighted by Gasteiger charge is 2.13. The predicted octanol–water partition coefficient (Wildman–Crippen LogP) is 2.49. The molecule has 0 aromatic carbocycles. The lowest BCUT2D eigenvalue weighted by Crippen LogP contribution is -2.01. The Labute approximate surface area is 111 Å². The van der Waals surface area contributed by atoms with Gasteiger partial charge in [0, 0.05) is 12.7 Å². The molecule has 0 bridgehead atoms. The first kappa shape index (κ1) is 11.6. The lowest BCUT2D eigenvalue weighted by Gasteiger charge is -2.07. The topological polar surface area (TPSA) is 69.6 Å². The predicted molar refractivity (Wildman–Crippen MR) is 75.5 cm³/mol. The normalized spacial score (nSPS) is 11.0. The maximum Gasteiger partial charge on any atom is 0.159 e. The van der Waals surface area contributed by atoms with Crippen molar-refractivity contribution in [1.29, 1.82) is 0 Å². The molecular weight excluding hydrogens is 238 g/mol. The highest BCUT2D eigenvalue weighted by atomic mass is 15.1. The molecule has 3 aromatic heterocycles. The minimum absolute atomic E-state index is 0.505. The van der Waals surface area contributed by atoms with Crippen LogP contribution in [-0.2, 0) is 6.54 Å². The van der Waals surface area contributed by atoms with Crippen LogP contribution in [0.2, 0.25) is 0 Å². The monoisotopic (exact) mass is 253 g/mol. The number of aromatic nitrogens is 4. The number of fused-ring (bicyclic) bond motifs is 1. The third kappa shape index (κ3) is 2.03. The molecule has 0 aliphatic heterocycles. The van der Waals surface area contributed by atoms with E-state index in [1.54, 1.807) is 18.5 Å². The molecule has 0 fully saturated rings. The van der Waals surface area contributed by atoms with Crippen molar-refractivity contribution in [2.24, 2.45) is 0 Å². The number of nitrogens with zero attached hydrogens (tertiary/aromatic N) is 4. The van der Waals surface area contributed by atoms with Crippen molar-refractivity contribution in [1.82, 2.24) is 19.5 Å². The second-order valence-electron chi connectivity index (χ2n) is 4.40. The Morgan fingerprint density at radius 2 is 2.11 bits per heavy atom. The molecule has 0 aliphatic carbocycles. The van der Waals surface area contributed by atoms with E-state index in [4.69, 9.17) is 5.73 Å². The third-order valence-corrected chi connectivity index (χ3v) is 3.00. The van der Waals surface area contributed by atoms with Gasteiger partial charge in [0.15, 0.2) is 5.82 Å². The fourth-order valence-electron chi connectivity index (χ4n) is 2.20. The van der Waals surface area contributed by atoms with Crippen LogP contribution in [0.5, 0.6) is 0 Å². The summed E-state index contributed by atoms with van der Waals surface area (Å²) in [6.07, 6.45) is 4.59. The van der Waals surface area contributed by atoms with Crippen molar-refractivity contribution in [2.45, 2.75) is 19.9 Å². The number of anilines is 1. The van der Waals surface area contributed by atoms with Gasteiger partial charge in [-0.2, -0.15) is 0 Å². The summed E-state index contributed by atoms with van der Waals surface area (Å²) in [7, 11) is 0. The van der Waals surface area contributed by atoms with E-state index in [1.165, 1.54) is 0 Å². The standard InChI is InChI=1S/C14H15N5/c1-2-8-19-12-6-7-16-9-11(12)18-14(19)10-4-3-5-13(15)17-10/h3-7,9H,2,8H2,1H3,(H2,15,17). The molecule has 2 N–H and O–H groups in total. The molecule has 3 aromatic rings. The highest BCUT2D eigenvalue weighted by molar-refractivity contribution is 5.79. The van der Waals surface area contributed by atoms with Crippen molar-refractivity contribution in [3.8, 4) is 11.5 Å². The molecule has 0 saturated carbocycles. The molecule has 0 aliphatic rings. The van der Waals surface area contributed by atoms with Gasteiger partial charge in [-0.25, -0.2) is 9.97 Å². The number of pyridine rings is 2. The van der Waals surface area contributed by atoms with Crippen LogP contribution in [0, 0.1) is 0 Å². The Morgan fingerprint density at radius 1 is 1.21 bits per heavy atom. The summed E-state index contributed by atoms with van der Waals surface area (Å²) in [4.78, 5) is 13.1. The molecule has 0 unspecified atom stereocenters. The summed E-state index contributed by atoms with van der Waals surface area (Å²) in [6, 6.07) is 7.58. The lowest BCUT2D eigenvalue weighted by atomic mass is 10.3. The van der Waals surface area contributed by atoms with E-state index in [9.17, 15) is 0 Å². The van der Waals surface area contributed by atoms with Gasteiger partial charge in [-0.1, -0.05) is 13.0 Å². The number of rotatable bonds is 3. The van der Waals surface area contributed by atoms with Gasteiger partial charge in [-0.15, -0.1) is 0 Å². The first-order valence-electron chi connectivity index (χ1n) is 6.32. The molecule has 0 saturated heterocycles. The Balaban J connectivity index is 2.25. The zero-order valence-electron chi connectivity index (χ0n) is 10.7. The Morgan fingerprint density at radius 3 is 2.89 bits per heavy atom. The van der Waals surface area contributed by atoms with Gasteiger partial charge in [-0.3, -0.25) is 4.98 Å². The number of hydrogen-bond donors (Lipinski definition) is 1. The third-order valence-electron chi connectivity index (χ3n) is 3.00. The van der Waals surface area contributed by atoms with Crippen LogP contribution in [0.3, 0.4) is 0 Å². The number of aryl methyl sites for hydroxylation is 1. The molecule has 0 amide bonds. The Hall–Kier alpha value is -2.43. The fourth-order valence-corrected chi connectivity index (χ4v) is 2.20. The van der Waals surface area contributed by atoms with Crippen molar-refractivity contribution in [3.63, 3.8) is 0 Å². The zero-order valence-corrected chi connectivity index (χ0v) is 10.7. The van der Waals surface area contributed by atoms with E-state index in [-0.39, 0.29) is 0 Å². The summed E-state index contributed by atoms with van der Waals surface area (Å²) in [5.74, 6) is 1.35. The smallest absolute Gasteiger partial charge is 0.159 e. The fraction of sp³-hybridized carbons (Fsp3) is 0.214. The van der Waals surface area contributed by atoms with E-state index in [0.717, 1.165) is 35.5 Å². The molecule has 5 nitrogen and oxygen atoms in total. The van der Waals surface area contributed by atoms with Crippen molar-refractivity contribution < 1.29 is 0 Å². The SMILES string of the molecule is CCCn1c(-c2cccc(N)n2)nc2cnccc21. The molecule has 3 heterocycles. The number of nitrogens with two attached hydrogens (primary N) is 1. The molecule has 5 heteroatoms. The Kier molecular flexibility index (Phi) is 2.87. The number of hydrogen-bond acceptors (Lipinski definition) is 4. The summed E-state index contributed by atoms with van der Waals surface area (Å²) in [6.45, 7) is 3.04. The molecule has 19 heavy (non-hydrogen) atoms. The quantitative estimate of drug-likeness (QED) is 0.778. The minimum atomic E-state index is 0.505. The lowest BCUT2D eigenvalue weighted by molar-refractivity contribution is 0.702. The van der Waals surface area contributed by atoms with Crippen LogP contribution in [0.25, 0.3) is 22.6 Å². The minimum Gasteiger partial charge on any atom is -0.384 e. The molecule has 0 spiro atoms. The van der Waals surface area contributed by atoms with Gasteiger partial charge in [0.1, 0.15) is 17.0 Å². The van der Waals surface area contributed by atoms with Crippen LogP contribution < -0.4 is 5.73 Å². The number of imidazole rings is 1. The van der Waals surface area contributed by atoms with Crippen molar-refractivity contribution in [2.75, 3.05) is 5.73 Å².